The highest BCUT2D eigenvalue weighted by molar-refractivity contribution is 9.10. The number of carbonyl (C=O) groups excluding carboxylic acids is 1. The van der Waals surface area contributed by atoms with Gasteiger partial charge in [0, 0.05) is 41.7 Å². The van der Waals surface area contributed by atoms with Crippen molar-refractivity contribution in [1.82, 2.24) is 24.5 Å². The number of fused-ring (bicyclic) bond motifs is 2. The van der Waals surface area contributed by atoms with Crippen LogP contribution >= 0.6 is 15.9 Å². The third kappa shape index (κ3) is 3.06. The molecule has 1 aliphatic rings. The molecule has 30 heavy (non-hydrogen) atoms. The highest BCUT2D eigenvalue weighted by Crippen LogP contribution is 2.37. The largest absolute Gasteiger partial charge is 0.383 e. The number of urea groups is 1. The second-order valence-electron chi connectivity index (χ2n) is 7.51. The summed E-state index contributed by atoms with van der Waals surface area (Å²) in [5, 5.41) is 5.51. The summed E-state index contributed by atoms with van der Waals surface area (Å²) in [5.74, 6) is 0.687. The number of hydrogen-bond donors (Lipinski definition) is 2. The summed E-state index contributed by atoms with van der Waals surface area (Å²) in [6, 6.07) is 9.70. The summed E-state index contributed by atoms with van der Waals surface area (Å²) in [4.78, 5) is 22.6. The van der Waals surface area contributed by atoms with E-state index in [1.807, 2.05) is 30.5 Å². The van der Waals surface area contributed by atoms with E-state index in [1.54, 1.807) is 15.6 Å². The van der Waals surface area contributed by atoms with Crippen LogP contribution in [0, 0.1) is 0 Å². The van der Waals surface area contributed by atoms with E-state index in [0.717, 1.165) is 45.0 Å². The molecule has 152 valence electrons. The molecule has 0 radical (unpaired) electrons. The molecule has 0 spiro atoms. The first-order valence-corrected chi connectivity index (χ1v) is 10.5. The Hall–Kier alpha value is -3.20. The summed E-state index contributed by atoms with van der Waals surface area (Å²) in [5.41, 5.74) is 16.1. The van der Waals surface area contributed by atoms with E-state index in [9.17, 15) is 4.79 Å². The summed E-state index contributed by atoms with van der Waals surface area (Å²) < 4.78 is 2.40. The Kier molecular flexibility index (Phi) is 4.54. The minimum atomic E-state index is -0.377. The van der Waals surface area contributed by atoms with Gasteiger partial charge in [-0.05, 0) is 40.9 Å². The molecule has 0 atom stereocenters. The predicted molar refractivity (Wildman–Crippen MR) is 119 cm³/mol. The summed E-state index contributed by atoms with van der Waals surface area (Å²) in [6.07, 6.45) is 5.18. The van der Waals surface area contributed by atoms with Crippen molar-refractivity contribution in [2.75, 3.05) is 18.8 Å². The van der Waals surface area contributed by atoms with Crippen LogP contribution in [0.2, 0.25) is 0 Å². The fourth-order valence-electron chi connectivity index (χ4n) is 4.08. The van der Waals surface area contributed by atoms with Crippen molar-refractivity contribution in [3.05, 3.63) is 52.9 Å². The van der Waals surface area contributed by atoms with E-state index >= 15 is 0 Å². The SMILES string of the molecule is NC(=O)N1CCC(c2nc3c(-c4cnc5ccccc5c4)cnn3c(N)c2Br)CC1. The third-order valence-electron chi connectivity index (χ3n) is 5.74. The van der Waals surface area contributed by atoms with E-state index in [1.165, 1.54) is 0 Å². The monoisotopic (exact) mass is 465 g/mol. The number of carbonyl (C=O) groups is 1. The van der Waals surface area contributed by atoms with Crippen molar-refractivity contribution in [3.63, 3.8) is 0 Å². The Morgan fingerprint density at radius 3 is 2.70 bits per heavy atom. The molecule has 8 nitrogen and oxygen atoms in total. The number of aromatic nitrogens is 4. The molecule has 3 aromatic heterocycles. The molecule has 1 fully saturated rings. The van der Waals surface area contributed by atoms with Gasteiger partial charge in [-0.15, -0.1) is 0 Å². The number of halogens is 1. The van der Waals surface area contributed by atoms with Gasteiger partial charge in [0.25, 0.3) is 0 Å². The molecule has 0 bridgehead atoms. The lowest BCUT2D eigenvalue weighted by atomic mass is 9.93. The molecule has 5 rings (SSSR count). The van der Waals surface area contributed by atoms with Gasteiger partial charge >= 0.3 is 6.03 Å². The maximum Gasteiger partial charge on any atom is 0.314 e. The second-order valence-corrected chi connectivity index (χ2v) is 8.30. The van der Waals surface area contributed by atoms with E-state index in [4.69, 9.17) is 16.5 Å². The molecule has 9 heteroatoms. The number of pyridine rings is 1. The zero-order valence-electron chi connectivity index (χ0n) is 16.1. The fraction of sp³-hybridized carbons (Fsp3) is 0.238. The maximum atomic E-state index is 11.4. The minimum absolute atomic E-state index is 0.180. The molecule has 1 aliphatic heterocycles. The van der Waals surface area contributed by atoms with E-state index in [0.29, 0.717) is 24.6 Å². The number of benzene rings is 1. The first-order chi connectivity index (χ1) is 14.5. The lowest BCUT2D eigenvalue weighted by Crippen LogP contribution is -2.41. The van der Waals surface area contributed by atoms with Crippen LogP contribution in [0.5, 0.6) is 0 Å². The van der Waals surface area contributed by atoms with Crippen molar-refractivity contribution in [3.8, 4) is 11.1 Å². The number of para-hydroxylation sites is 1. The van der Waals surface area contributed by atoms with Gasteiger partial charge in [0.15, 0.2) is 5.65 Å². The zero-order chi connectivity index (χ0) is 20.8. The summed E-state index contributed by atoms with van der Waals surface area (Å²) in [6.45, 7) is 1.22. The number of primary amides is 1. The molecule has 2 amide bonds. The lowest BCUT2D eigenvalue weighted by molar-refractivity contribution is 0.190. The van der Waals surface area contributed by atoms with Gasteiger partial charge in [0.1, 0.15) is 5.82 Å². The first kappa shape index (κ1) is 18.8. The zero-order valence-corrected chi connectivity index (χ0v) is 17.7. The highest BCUT2D eigenvalue weighted by atomic mass is 79.9. The smallest absolute Gasteiger partial charge is 0.314 e. The van der Waals surface area contributed by atoms with Gasteiger partial charge in [0.2, 0.25) is 0 Å². The van der Waals surface area contributed by atoms with Crippen molar-refractivity contribution in [2.45, 2.75) is 18.8 Å². The maximum absolute atomic E-state index is 11.4. The summed E-state index contributed by atoms with van der Waals surface area (Å²) in [7, 11) is 0. The van der Waals surface area contributed by atoms with E-state index in [2.05, 4.69) is 32.1 Å². The average Bonchev–Trinajstić information content (AvgIpc) is 3.20. The second kappa shape index (κ2) is 7.24. The van der Waals surface area contributed by atoms with E-state index < -0.39 is 0 Å². The van der Waals surface area contributed by atoms with Gasteiger partial charge in [-0.2, -0.15) is 9.61 Å². The van der Waals surface area contributed by atoms with Crippen LogP contribution in [0.1, 0.15) is 24.5 Å². The number of anilines is 1. The number of piperidine rings is 1. The molecule has 0 saturated carbocycles. The number of likely N-dealkylation sites (tertiary alicyclic amines) is 1. The number of hydrogen-bond acceptors (Lipinski definition) is 5. The normalized spacial score (nSPS) is 15.2. The first-order valence-electron chi connectivity index (χ1n) is 9.75. The standard InChI is InChI=1S/C21H20BrN7O/c22-17-18(12-5-7-28(8-6-12)21(24)30)27-20-15(11-26-29(20)19(17)23)14-9-13-3-1-2-4-16(13)25-10-14/h1-4,9-12H,5-8,23H2,(H2,24,30). The Balaban J connectivity index is 1.59. The van der Waals surface area contributed by atoms with Crippen molar-refractivity contribution in [2.24, 2.45) is 5.73 Å². The quantitative estimate of drug-likeness (QED) is 0.469. The predicted octanol–water partition coefficient (Wildman–Crippen LogP) is 3.55. The van der Waals surface area contributed by atoms with Gasteiger partial charge in [0.05, 0.1) is 21.9 Å². The van der Waals surface area contributed by atoms with Crippen molar-refractivity contribution >= 4 is 44.3 Å². The number of nitrogens with zero attached hydrogens (tertiary/aromatic N) is 5. The number of nitrogen functional groups attached to an aromatic ring is 1. The van der Waals surface area contributed by atoms with Crippen LogP contribution in [0.3, 0.4) is 0 Å². The van der Waals surface area contributed by atoms with Crippen LogP contribution < -0.4 is 11.5 Å². The fourth-order valence-corrected chi connectivity index (χ4v) is 4.66. The Morgan fingerprint density at radius 2 is 1.93 bits per heavy atom. The molecular weight excluding hydrogens is 446 g/mol. The van der Waals surface area contributed by atoms with Crippen LogP contribution in [-0.2, 0) is 0 Å². The molecule has 1 saturated heterocycles. The molecule has 4 heterocycles. The van der Waals surface area contributed by atoms with Gasteiger partial charge in [-0.1, -0.05) is 18.2 Å². The van der Waals surface area contributed by atoms with Crippen molar-refractivity contribution < 1.29 is 4.79 Å². The average molecular weight is 466 g/mol. The van der Waals surface area contributed by atoms with Crippen LogP contribution in [0.15, 0.2) is 47.2 Å². The highest BCUT2D eigenvalue weighted by Gasteiger charge is 2.27. The molecular formula is C21H20BrN7O. The van der Waals surface area contributed by atoms with E-state index in [-0.39, 0.29) is 11.9 Å². The molecule has 4 aromatic rings. The molecule has 4 N–H and O–H groups in total. The van der Waals surface area contributed by atoms with Gasteiger partial charge < -0.3 is 16.4 Å². The third-order valence-corrected chi connectivity index (χ3v) is 6.56. The van der Waals surface area contributed by atoms with Crippen LogP contribution in [0.25, 0.3) is 27.7 Å². The number of rotatable bonds is 2. The molecule has 1 aromatic carbocycles. The van der Waals surface area contributed by atoms with Gasteiger partial charge in [-0.25, -0.2) is 9.78 Å². The van der Waals surface area contributed by atoms with Crippen LogP contribution in [-0.4, -0.2) is 43.6 Å². The Bertz CT molecular complexity index is 1280. The lowest BCUT2D eigenvalue weighted by Gasteiger charge is -2.31. The van der Waals surface area contributed by atoms with Crippen LogP contribution in [0.4, 0.5) is 10.6 Å². The molecule has 0 aliphatic carbocycles. The van der Waals surface area contributed by atoms with Gasteiger partial charge in [-0.3, -0.25) is 4.98 Å². The Morgan fingerprint density at radius 1 is 1.17 bits per heavy atom. The van der Waals surface area contributed by atoms with Crippen molar-refractivity contribution in [1.29, 1.82) is 0 Å². The Labute approximate surface area is 181 Å². The summed E-state index contributed by atoms with van der Waals surface area (Å²) >= 11 is 3.61. The molecule has 0 unspecified atom stereocenters. The topological polar surface area (TPSA) is 115 Å². The minimum Gasteiger partial charge on any atom is -0.383 e. The number of nitrogens with two attached hydrogens (primary N) is 2. The number of amides is 2.